The molecule has 0 aliphatic carbocycles. The lowest BCUT2D eigenvalue weighted by Gasteiger charge is -2.27. The summed E-state index contributed by atoms with van der Waals surface area (Å²) in [6.07, 6.45) is 2.11. The lowest BCUT2D eigenvalue weighted by Crippen LogP contribution is -2.37. The number of rotatable bonds is 3. The summed E-state index contributed by atoms with van der Waals surface area (Å²) in [7, 11) is 0. The summed E-state index contributed by atoms with van der Waals surface area (Å²) >= 11 is 3.14. The van der Waals surface area contributed by atoms with Gasteiger partial charge >= 0.3 is 0 Å². The van der Waals surface area contributed by atoms with Gasteiger partial charge in [0.15, 0.2) is 0 Å². The summed E-state index contributed by atoms with van der Waals surface area (Å²) in [6.45, 7) is 0.731. The zero-order chi connectivity index (χ0) is 19.1. The Balaban J connectivity index is 1.34. The van der Waals surface area contributed by atoms with Crippen LogP contribution >= 0.6 is 23.1 Å². The van der Waals surface area contributed by atoms with Gasteiger partial charge in [-0.25, -0.2) is 4.98 Å². The van der Waals surface area contributed by atoms with Crippen LogP contribution in [0.25, 0.3) is 10.2 Å². The van der Waals surface area contributed by atoms with E-state index in [1.165, 1.54) is 11.8 Å². The van der Waals surface area contributed by atoms with Crippen LogP contribution in [-0.2, 0) is 9.59 Å². The van der Waals surface area contributed by atoms with Gasteiger partial charge < -0.3 is 10.2 Å². The number of fused-ring (bicyclic) bond motifs is 2. The average Bonchev–Trinajstić information content (AvgIpc) is 3.35. The fourth-order valence-corrected chi connectivity index (χ4v) is 6.07. The number of thiazole rings is 1. The van der Waals surface area contributed by atoms with E-state index >= 15 is 0 Å². The number of carbonyl (C=O) groups excluding carboxylic acids is 2. The SMILES string of the molecule is O=C1Nc2ccccc2SC1CC(=O)N1CCCC1c1nc2ccccc2s1. The Hall–Kier alpha value is -2.38. The van der Waals surface area contributed by atoms with E-state index in [9.17, 15) is 9.59 Å². The molecule has 1 aromatic heterocycles. The first kappa shape index (κ1) is 17.7. The summed E-state index contributed by atoms with van der Waals surface area (Å²) in [5.41, 5.74) is 1.82. The molecule has 2 amide bonds. The van der Waals surface area contributed by atoms with E-state index in [1.807, 2.05) is 47.4 Å². The molecule has 28 heavy (non-hydrogen) atoms. The van der Waals surface area contributed by atoms with Crippen LogP contribution in [-0.4, -0.2) is 33.5 Å². The molecular formula is C21H19N3O2S2. The first-order valence-electron chi connectivity index (χ1n) is 9.40. The van der Waals surface area contributed by atoms with Crippen molar-refractivity contribution in [1.82, 2.24) is 9.88 Å². The second-order valence-electron chi connectivity index (χ2n) is 7.06. The topological polar surface area (TPSA) is 62.3 Å². The highest BCUT2D eigenvalue weighted by atomic mass is 32.2. The van der Waals surface area contributed by atoms with Crippen LogP contribution < -0.4 is 5.32 Å². The quantitative estimate of drug-likeness (QED) is 0.694. The minimum Gasteiger partial charge on any atom is -0.333 e. The Labute approximate surface area is 171 Å². The normalized spacial score (nSPS) is 21.6. The average molecular weight is 410 g/mol. The van der Waals surface area contributed by atoms with Crippen molar-refractivity contribution in [3.63, 3.8) is 0 Å². The highest BCUT2D eigenvalue weighted by Gasteiger charge is 2.36. The molecule has 0 spiro atoms. The van der Waals surface area contributed by atoms with Gasteiger partial charge in [0.05, 0.1) is 27.2 Å². The largest absolute Gasteiger partial charge is 0.333 e. The third-order valence-electron chi connectivity index (χ3n) is 5.24. The zero-order valence-electron chi connectivity index (χ0n) is 15.1. The van der Waals surface area contributed by atoms with Crippen molar-refractivity contribution in [3.05, 3.63) is 53.5 Å². The maximum Gasteiger partial charge on any atom is 0.238 e. The number of anilines is 1. The van der Waals surface area contributed by atoms with E-state index in [4.69, 9.17) is 4.98 Å². The van der Waals surface area contributed by atoms with Crippen molar-refractivity contribution in [2.75, 3.05) is 11.9 Å². The summed E-state index contributed by atoms with van der Waals surface area (Å²) in [5.74, 6) is -0.0541. The number of hydrogen-bond donors (Lipinski definition) is 1. The number of aromatic nitrogens is 1. The molecule has 3 heterocycles. The van der Waals surface area contributed by atoms with Crippen LogP contribution in [0.15, 0.2) is 53.4 Å². The van der Waals surface area contributed by atoms with Crippen LogP contribution in [0, 0.1) is 0 Å². The number of amides is 2. The fraction of sp³-hybridized carbons (Fsp3) is 0.286. The maximum atomic E-state index is 13.1. The minimum atomic E-state index is -0.390. The van der Waals surface area contributed by atoms with Gasteiger partial charge in [0.1, 0.15) is 5.01 Å². The van der Waals surface area contributed by atoms with Crippen molar-refractivity contribution < 1.29 is 9.59 Å². The lowest BCUT2D eigenvalue weighted by atomic mass is 10.2. The van der Waals surface area contributed by atoms with Gasteiger partial charge in [-0.15, -0.1) is 23.1 Å². The number of hydrogen-bond acceptors (Lipinski definition) is 5. The van der Waals surface area contributed by atoms with Crippen molar-refractivity contribution in [2.24, 2.45) is 0 Å². The monoisotopic (exact) mass is 409 g/mol. The molecule has 1 fully saturated rings. The van der Waals surface area contributed by atoms with Crippen molar-refractivity contribution in [1.29, 1.82) is 0 Å². The van der Waals surface area contributed by atoms with Gasteiger partial charge in [0.2, 0.25) is 11.8 Å². The van der Waals surface area contributed by atoms with Crippen LogP contribution in [0.1, 0.15) is 30.3 Å². The van der Waals surface area contributed by atoms with Crippen LogP contribution in [0.5, 0.6) is 0 Å². The smallest absolute Gasteiger partial charge is 0.238 e. The molecule has 5 nitrogen and oxygen atoms in total. The molecule has 0 bridgehead atoms. The van der Waals surface area contributed by atoms with Gasteiger partial charge in [0, 0.05) is 17.9 Å². The van der Waals surface area contributed by atoms with Gasteiger partial charge in [-0.1, -0.05) is 24.3 Å². The van der Waals surface area contributed by atoms with Crippen molar-refractivity contribution >= 4 is 50.8 Å². The molecule has 2 unspecified atom stereocenters. The highest BCUT2D eigenvalue weighted by Crippen LogP contribution is 2.40. The van der Waals surface area contributed by atoms with Crippen LogP contribution in [0.2, 0.25) is 0 Å². The van der Waals surface area contributed by atoms with E-state index in [2.05, 4.69) is 11.4 Å². The zero-order valence-corrected chi connectivity index (χ0v) is 16.8. The van der Waals surface area contributed by atoms with Gasteiger partial charge in [-0.2, -0.15) is 0 Å². The standard InChI is InChI=1S/C21H19N3O2S2/c25-19(12-18-20(26)22-13-6-1-3-9-16(13)27-18)24-11-5-8-15(24)21-23-14-7-2-4-10-17(14)28-21/h1-4,6-7,9-10,15,18H,5,8,11-12H2,(H,22,26). The molecule has 5 rings (SSSR count). The molecule has 2 atom stereocenters. The van der Waals surface area contributed by atoms with E-state index in [-0.39, 0.29) is 29.5 Å². The maximum absolute atomic E-state index is 13.1. The molecule has 1 saturated heterocycles. The Kier molecular flexibility index (Phi) is 4.56. The molecule has 7 heteroatoms. The Bertz CT molecular complexity index is 1030. The molecule has 2 aliphatic rings. The molecule has 2 aromatic carbocycles. The van der Waals surface area contributed by atoms with E-state index in [1.54, 1.807) is 11.3 Å². The predicted octanol–water partition coefficient (Wildman–Crippen LogP) is 4.46. The number of carbonyl (C=O) groups is 2. The van der Waals surface area contributed by atoms with Crippen molar-refractivity contribution in [3.8, 4) is 0 Å². The Morgan fingerprint density at radius 3 is 2.89 bits per heavy atom. The minimum absolute atomic E-state index is 0.0221. The molecule has 142 valence electrons. The van der Waals surface area contributed by atoms with E-state index in [0.717, 1.165) is 45.2 Å². The van der Waals surface area contributed by atoms with E-state index < -0.39 is 0 Å². The Morgan fingerprint density at radius 2 is 2.00 bits per heavy atom. The molecule has 3 aromatic rings. The molecule has 2 aliphatic heterocycles. The summed E-state index contributed by atoms with van der Waals surface area (Å²) in [4.78, 5) is 33.2. The van der Waals surface area contributed by atoms with Crippen LogP contribution in [0.3, 0.4) is 0 Å². The number of benzene rings is 2. The summed E-state index contributed by atoms with van der Waals surface area (Å²) in [5, 5.41) is 3.53. The number of nitrogens with one attached hydrogen (secondary N) is 1. The number of thioether (sulfide) groups is 1. The second kappa shape index (κ2) is 7.22. The number of para-hydroxylation sites is 2. The molecule has 0 saturated carbocycles. The fourth-order valence-electron chi connectivity index (χ4n) is 3.86. The first-order chi connectivity index (χ1) is 13.7. The lowest BCUT2D eigenvalue weighted by molar-refractivity contribution is -0.133. The third kappa shape index (κ3) is 3.18. The molecule has 0 radical (unpaired) electrons. The summed E-state index contributed by atoms with van der Waals surface area (Å²) in [6, 6.07) is 15.8. The van der Waals surface area contributed by atoms with Crippen LogP contribution in [0.4, 0.5) is 5.69 Å². The summed E-state index contributed by atoms with van der Waals surface area (Å²) < 4.78 is 1.15. The molecular weight excluding hydrogens is 390 g/mol. The van der Waals surface area contributed by atoms with Gasteiger partial charge in [-0.05, 0) is 37.1 Å². The van der Waals surface area contributed by atoms with Crippen molar-refractivity contribution in [2.45, 2.75) is 35.4 Å². The third-order valence-corrected chi connectivity index (χ3v) is 7.65. The van der Waals surface area contributed by atoms with Gasteiger partial charge in [-0.3, -0.25) is 9.59 Å². The Morgan fingerprint density at radius 1 is 1.18 bits per heavy atom. The number of likely N-dealkylation sites (tertiary alicyclic amines) is 1. The predicted molar refractivity (Wildman–Crippen MR) is 113 cm³/mol. The van der Waals surface area contributed by atoms with Gasteiger partial charge in [0.25, 0.3) is 0 Å². The number of nitrogens with zero attached hydrogens (tertiary/aromatic N) is 2. The molecule has 1 N–H and O–H groups in total. The second-order valence-corrected chi connectivity index (χ2v) is 9.37. The first-order valence-corrected chi connectivity index (χ1v) is 11.1. The van der Waals surface area contributed by atoms with E-state index in [0.29, 0.717) is 0 Å². The highest BCUT2D eigenvalue weighted by molar-refractivity contribution is 8.01.